The van der Waals surface area contributed by atoms with Crippen LogP contribution in [0.1, 0.15) is 6.92 Å². The average Bonchev–Trinajstić information content (AvgIpc) is 2.21. The van der Waals surface area contributed by atoms with Crippen LogP contribution in [-0.4, -0.2) is 13.7 Å². The first-order valence-electron chi connectivity index (χ1n) is 4.23. The molecule has 0 fully saturated rings. The van der Waals surface area contributed by atoms with E-state index in [9.17, 15) is 8.42 Å². The van der Waals surface area contributed by atoms with Crippen molar-refractivity contribution >= 4 is 43.2 Å². The third-order valence-electron chi connectivity index (χ3n) is 1.83. The molecule has 0 radical (unpaired) electrons. The normalized spacial score (nSPS) is 12.9. The van der Waals surface area contributed by atoms with Gasteiger partial charge in [-0.3, -0.25) is 4.72 Å². The Bertz CT molecular complexity index is 539. The smallest absolute Gasteiger partial charge is 0.248 e. The maximum absolute atomic E-state index is 11.6. The maximum atomic E-state index is 11.6. The standard InChI is InChI=1S/C9H8BrClN2O2S/c1-6(5-12)16(14,15)13-9-3-2-7(10)4-8(9)11/h2-4,6,13H,1H3. The quantitative estimate of drug-likeness (QED) is 0.930. The van der Waals surface area contributed by atoms with E-state index in [1.54, 1.807) is 18.2 Å². The zero-order valence-electron chi connectivity index (χ0n) is 8.24. The molecule has 0 spiro atoms. The van der Waals surface area contributed by atoms with Crippen LogP contribution in [0.2, 0.25) is 5.02 Å². The van der Waals surface area contributed by atoms with Crippen LogP contribution in [0.25, 0.3) is 0 Å². The molecule has 0 heterocycles. The fraction of sp³-hybridized carbons (Fsp3) is 0.222. The van der Waals surface area contributed by atoms with Crippen LogP contribution >= 0.6 is 27.5 Å². The Morgan fingerprint density at radius 2 is 2.19 bits per heavy atom. The van der Waals surface area contributed by atoms with E-state index in [2.05, 4.69) is 20.7 Å². The van der Waals surface area contributed by atoms with Crippen molar-refractivity contribution in [2.24, 2.45) is 0 Å². The molecule has 0 aromatic heterocycles. The van der Waals surface area contributed by atoms with Gasteiger partial charge in [0.2, 0.25) is 10.0 Å². The molecular formula is C9H8BrClN2O2S. The van der Waals surface area contributed by atoms with E-state index in [1.165, 1.54) is 13.0 Å². The minimum absolute atomic E-state index is 0.256. The van der Waals surface area contributed by atoms with Crippen molar-refractivity contribution < 1.29 is 8.42 Å². The molecule has 1 aromatic rings. The van der Waals surface area contributed by atoms with Gasteiger partial charge in [0.15, 0.2) is 5.25 Å². The van der Waals surface area contributed by atoms with E-state index in [1.807, 2.05) is 0 Å². The van der Waals surface area contributed by atoms with Crippen LogP contribution in [0.15, 0.2) is 22.7 Å². The van der Waals surface area contributed by atoms with E-state index < -0.39 is 15.3 Å². The Morgan fingerprint density at radius 3 is 2.69 bits per heavy atom. The van der Waals surface area contributed by atoms with Gasteiger partial charge in [-0.15, -0.1) is 0 Å². The molecule has 1 unspecified atom stereocenters. The Hall–Kier alpha value is -0.770. The van der Waals surface area contributed by atoms with E-state index in [0.29, 0.717) is 0 Å². The minimum Gasteiger partial charge on any atom is -0.281 e. The highest BCUT2D eigenvalue weighted by atomic mass is 79.9. The molecule has 0 aliphatic heterocycles. The van der Waals surface area contributed by atoms with Gasteiger partial charge in [0.1, 0.15) is 0 Å². The summed E-state index contributed by atoms with van der Waals surface area (Å²) in [4.78, 5) is 0. The SMILES string of the molecule is CC(C#N)S(=O)(=O)Nc1ccc(Br)cc1Cl. The average molecular weight is 324 g/mol. The second kappa shape index (κ2) is 5.04. The van der Waals surface area contributed by atoms with Crippen LogP contribution in [0.5, 0.6) is 0 Å². The molecule has 16 heavy (non-hydrogen) atoms. The summed E-state index contributed by atoms with van der Waals surface area (Å²) < 4.78 is 26.1. The van der Waals surface area contributed by atoms with Crippen molar-refractivity contribution in [3.8, 4) is 6.07 Å². The van der Waals surface area contributed by atoms with Gasteiger partial charge in [0, 0.05) is 4.47 Å². The van der Waals surface area contributed by atoms with Gasteiger partial charge in [-0.25, -0.2) is 8.42 Å². The number of rotatable bonds is 3. The summed E-state index contributed by atoms with van der Waals surface area (Å²) >= 11 is 9.05. The number of anilines is 1. The lowest BCUT2D eigenvalue weighted by Gasteiger charge is -2.10. The number of nitrogens with zero attached hydrogens (tertiary/aromatic N) is 1. The summed E-state index contributed by atoms with van der Waals surface area (Å²) in [6.07, 6.45) is 0. The summed E-state index contributed by atoms with van der Waals surface area (Å²) in [5.41, 5.74) is 0.256. The monoisotopic (exact) mass is 322 g/mol. The lowest BCUT2D eigenvalue weighted by Crippen LogP contribution is -2.23. The molecule has 4 nitrogen and oxygen atoms in total. The predicted octanol–water partition coefficient (Wildman–Crippen LogP) is 2.76. The number of hydrogen-bond acceptors (Lipinski definition) is 3. The molecule has 0 saturated carbocycles. The molecule has 1 rings (SSSR count). The molecule has 0 aliphatic carbocycles. The number of nitriles is 1. The number of sulfonamides is 1. The Morgan fingerprint density at radius 1 is 1.56 bits per heavy atom. The van der Waals surface area contributed by atoms with Gasteiger partial charge in [0.05, 0.1) is 16.8 Å². The number of nitrogens with one attached hydrogen (secondary N) is 1. The molecule has 0 amide bonds. The first-order chi connectivity index (χ1) is 7.36. The number of hydrogen-bond donors (Lipinski definition) is 1. The van der Waals surface area contributed by atoms with Crippen molar-refractivity contribution in [3.63, 3.8) is 0 Å². The zero-order chi connectivity index (χ0) is 12.3. The summed E-state index contributed by atoms with van der Waals surface area (Å²) in [5, 5.41) is 7.69. The van der Waals surface area contributed by atoms with Gasteiger partial charge in [0.25, 0.3) is 0 Å². The van der Waals surface area contributed by atoms with E-state index >= 15 is 0 Å². The fourth-order valence-corrected chi connectivity index (χ4v) is 2.46. The third kappa shape index (κ3) is 3.11. The highest BCUT2D eigenvalue weighted by molar-refractivity contribution is 9.10. The molecule has 0 saturated heterocycles. The molecular weight excluding hydrogens is 316 g/mol. The van der Waals surface area contributed by atoms with Crippen LogP contribution in [0.3, 0.4) is 0 Å². The Kier molecular flexibility index (Phi) is 4.19. The van der Waals surface area contributed by atoms with Gasteiger partial charge in [-0.05, 0) is 25.1 Å². The van der Waals surface area contributed by atoms with Crippen LogP contribution in [0, 0.1) is 11.3 Å². The van der Waals surface area contributed by atoms with Gasteiger partial charge < -0.3 is 0 Å². The van der Waals surface area contributed by atoms with E-state index in [0.717, 1.165) is 4.47 Å². The molecule has 0 aliphatic rings. The molecule has 86 valence electrons. The summed E-state index contributed by atoms with van der Waals surface area (Å²) in [6, 6.07) is 6.39. The molecule has 7 heteroatoms. The van der Waals surface area contributed by atoms with Crippen molar-refractivity contribution in [2.75, 3.05) is 4.72 Å². The lowest BCUT2D eigenvalue weighted by molar-refractivity contribution is 0.597. The summed E-state index contributed by atoms with van der Waals surface area (Å²) in [6.45, 7) is 1.30. The van der Waals surface area contributed by atoms with Crippen LogP contribution in [-0.2, 0) is 10.0 Å². The number of halogens is 2. The van der Waals surface area contributed by atoms with Crippen molar-refractivity contribution in [1.29, 1.82) is 5.26 Å². The van der Waals surface area contributed by atoms with Crippen molar-refractivity contribution in [2.45, 2.75) is 12.2 Å². The lowest BCUT2D eigenvalue weighted by atomic mass is 10.3. The Labute approximate surface area is 107 Å². The maximum Gasteiger partial charge on any atom is 0.248 e. The number of benzene rings is 1. The highest BCUT2D eigenvalue weighted by Crippen LogP contribution is 2.26. The summed E-state index contributed by atoms with van der Waals surface area (Å²) in [5.74, 6) is 0. The van der Waals surface area contributed by atoms with E-state index in [4.69, 9.17) is 16.9 Å². The first kappa shape index (κ1) is 13.3. The zero-order valence-corrected chi connectivity index (χ0v) is 11.4. The van der Waals surface area contributed by atoms with Crippen molar-refractivity contribution in [1.82, 2.24) is 0 Å². The third-order valence-corrected chi connectivity index (χ3v) is 4.18. The largest absolute Gasteiger partial charge is 0.281 e. The predicted molar refractivity (Wildman–Crippen MR) is 66.8 cm³/mol. The topological polar surface area (TPSA) is 70.0 Å². The minimum atomic E-state index is -3.71. The highest BCUT2D eigenvalue weighted by Gasteiger charge is 2.20. The van der Waals surface area contributed by atoms with E-state index in [-0.39, 0.29) is 10.7 Å². The fourth-order valence-electron chi connectivity index (χ4n) is 0.883. The second-order valence-corrected chi connectivity index (χ2v) is 6.37. The van der Waals surface area contributed by atoms with Crippen molar-refractivity contribution in [3.05, 3.63) is 27.7 Å². The first-order valence-corrected chi connectivity index (χ1v) is 6.95. The van der Waals surface area contributed by atoms with Gasteiger partial charge in [-0.1, -0.05) is 27.5 Å². The Balaban J connectivity index is 3.03. The molecule has 1 aromatic carbocycles. The van der Waals surface area contributed by atoms with Crippen LogP contribution in [0.4, 0.5) is 5.69 Å². The second-order valence-electron chi connectivity index (χ2n) is 3.04. The molecule has 0 bridgehead atoms. The van der Waals surface area contributed by atoms with Gasteiger partial charge in [-0.2, -0.15) is 5.26 Å². The molecule has 1 atom stereocenters. The van der Waals surface area contributed by atoms with Gasteiger partial charge >= 0.3 is 0 Å². The summed E-state index contributed by atoms with van der Waals surface area (Å²) in [7, 11) is -3.71. The van der Waals surface area contributed by atoms with Crippen LogP contribution < -0.4 is 4.72 Å². The molecule has 1 N–H and O–H groups in total.